The maximum Gasteiger partial charge on any atom is 0.233 e. The average Bonchev–Trinajstić information content (AvgIpc) is 2.82. The molecule has 0 bridgehead atoms. The van der Waals surface area contributed by atoms with Crippen molar-refractivity contribution in [1.82, 2.24) is 4.90 Å². The number of aliphatic hydroxyl groups excluding tert-OH is 1. The lowest BCUT2D eigenvalue weighted by molar-refractivity contribution is -0.128. The lowest BCUT2D eigenvalue weighted by Crippen LogP contribution is -2.29. The topological polar surface area (TPSA) is 40.5 Å². The maximum absolute atomic E-state index is 11.7. The van der Waals surface area contributed by atoms with Gasteiger partial charge >= 0.3 is 0 Å². The number of carbonyl (C=O) groups excluding carboxylic acids is 1. The molecular weight excluding hydrogens is 310 g/mol. The minimum Gasteiger partial charge on any atom is -0.396 e. The highest BCUT2D eigenvalue weighted by Gasteiger charge is 2.33. The number of hydrogen-bond donors (Lipinski definition) is 1. The molecule has 3 nitrogen and oxygen atoms in total. The van der Waals surface area contributed by atoms with Crippen molar-refractivity contribution < 1.29 is 9.90 Å². The van der Waals surface area contributed by atoms with Gasteiger partial charge in [-0.25, -0.2) is 0 Å². The van der Waals surface area contributed by atoms with E-state index in [0.29, 0.717) is 18.7 Å². The third-order valence-electron chi connectivity index (χ3n) is 2.36. The van der Waals surface area contributed by atoms with Gasteiger partial charge in [0.15, 0.2) is 0 Å². The van der Waals surface area contributed by atoms with E-state index in [1.807, 2.05) is 11.0 Å². The summed E-state index contributed by atoms with van der Waals surface area (Å²) in [6, 6.07) is 4.06. The van der Waals surface area contributed by atoms with E-state index in [0.717, 1.165) is 3.79 Å². The van der Waals surface area contributed by atoms with E-state index < -0.39 is 0 Å². The van der Waals surface area contributed by atoms with E-state index in [9.17, 15) is 4.79 Å². The Labute approximate surface area is 111 Å². The van der Waals surface area contributed by atoms with E-state index in [2.05, 4.69) is 22.0 Å². The zero-order valence-electron chi connectivity index (χ0n) is 8.56. The van der Waals surface area contributed by atoms with Crippen molar-refractivity contribution >= 4 is 44.9 Å². The van der Waals surface area contributed by atoms with Crippen LogP contribution in [0.25, 0.3) is 0 Å². The molecule has 0 aliphatic carbocycles. The Morgan fingerprint density at radius 1 is 1.56 bits per heavy atom. The summed E-state index contributed by atoms with van der Waals surface area (Å²) in [5.74, 6) is 0.721. The molecule has 1 fully saturated rings. The van der Waals surface area contributed by atoms with Gasteiger partial charge in [0, 0.05) is 18.0 Å². The first-order valence-electron chi connectivity index (χ1n) is 4.99. The van der Waals surface area contributed by atoms with Gasteiger partial charge in [-0.15, -0.1) is 23.1 Å². The lowest BCUT2D eigenvalue weighted by atomic mass is 10.3. The number of halogens is 1. The van der Waals surface area contributed by atoms with Gasteiger partial charge in [0.1, 0.15) is 5.37 Å². The van der Waals surface area contributed by atoms with Crippen molar-refractivity contribution in [3.63, 3.8) is 0 Å². The second-order valence-corrected chi connectivity index (χ2v) is 7.03. The largest absolute Gasteiger partial charge is 0.396 e. The highest BCUT2D eigenvalue weighted by Crippen LogP contribution is 2.42. The second-order valence-electron chi connectivity index (χ2n) is 3.47. The Balaban J connectivity index is 2.11. The van der Waals surface area contributed by atoms with E-state index >= 15 is 0 Å². The SMILES string of the molecule is O=C1CSC(c2ccc(Br)s2)N1CCCO. The second kappa shape index (κ2) is 5.53. The molecular formula is C10H12BrNO2S2. The molecule has 0 spiro atoms. The molecule has 0 radical (unpaired) electrons. The molecule has 88 valence electrons. The Morgan fingerprint density at radius 2 is 2.38 bits per heavy atom. The van der Waals surface area contributed by atoms with Crippen LogP contribution < -0.4 is 0 Å². The number of aliphatic hydroxyl groups is 1. The molecule has 1 atom stereocenters. The van der Waals surface area contributed by atoms with Gasteiger partial charge < -0.3 is 10.0 Å². The van der Waals surface area contributed by atoms with Gasteiger partial charge in [-0.2, -0.15) is 0 Å². The normalized spacial score (nSPS) is 20.8. The molecule has 1 aromatic heterocycles. The Morgan fingerprint density at radius 3 is 3.00 bits per heavy atom. The van der Waals surface area contributed by atoms with E-state index in [-0.39, 0.29) is 17.9 Å². The number of nitrogens with zero attached hydrogens (tertiary/aromatic N) is 1. The molecule has 2 rings (SSSR count). The first kappa shape index (κ1) is 12.4. The molecule has 16 heavy (non-hydrogen) atoms. The summed E-state index contributed by atoms with van der Waals surface area (Å²) in [6.45, 7) is 0.776. The molecule has 1 amide bonds. The number of thiophene rings is 1. The predicted octanol–water partition coefficient (Wildman–Crippen LogP) is 2.47. The van der Waals surface area contributed by atoms with Crippen molar-refractivity contribution in [2.45, 2.75) is 11.8 Å². The molecule has 1 aromatic rings. The van der Waals surface area contributed by atoms with Crippen LogP contribution in [0.5, 0.6) is 0 Å². The molecule has 1 N–H and O–H groups in total. The highest BCUT2D eigenvalue weighted by atomic mass is 79.9. The molecule has 0 saturated carbocycles. The van der Waals surface area contributed by atoms with E-state index in [4.69, 9.17) is 5.11 Å². The monoisotopic (exact) mass is 321 g/mol. The number of hydrogen-bond acceptors (Lipinski definition) is 4. The van der Waals surface area contributed by atoms with E-state index in [1.54, 1.807) is 23.1 Å². The van der Waals surface area contributed by atoms with Gasteiger partial charge in [-0.1, -0.05) is 0 Å². The molecule has 1 aliphatic rings. The zero-order valence-corrected chi connectivity index (χ0v) is 11.8. The third-order valence-corrected chi connectivity index (χ3v) is 5.43. The van der Waals surface area contributed by atoms with Crippen LogP contribution in [0.15, 0.2) is 15.9 Å². The summed E-state index contributed by atoms with van der Waals surface area (Å²) in [6.07, 6.45) is 0.648. The summed E-state index contributed by atoms with van der Waals surface area (Å²) in [5.41, 5.74) is 0. The van der Waals surface area contributed by atoms with Gasteiger partial charge in [-0.3, -0.25) is 4.79 Å². The van der Waals surface area contributed by atoms with Crippen LogP contribution in [0.4, 0.5) is 0 Å². The summed E-state index contributed by atoms with van der Waals surface area (Å²) >= 11 is 6.76. The Bertz CT molecular complexity index is 383. The van der Waals surface area contributed by atoms with Crippen LogP contribution in [-0.2, 0) is 4.79 Å². The number of rotatable bonds is 4. The average molecular weight is 322 g/mol. The van der Waals surface area contributed by atoms with Crippen LogP contribution in [-0.4, -0.2) is 34.8 Å². The first-order chi connectivity index (χ1) is 7.72. The van der Waals surface area contributed by atoms with Crippen molar-refractivity contribution in [3.8, 4) is 0 Å². The Hall–Kier alpha value is -0.0400. The van der Waals surface area contributed by atoms with Crippen LogP contribution in [0.3, 0.4) is 0 Å². The highest BCUT2D eigenvalue weighted by molar-refractivity contribution is 9.11. The van der Waals surface area contributed by atoms with Crippen LogP contribution in [0.1, 0.15) is 16.7 Å². The lowest BCUT2D eigenvalue weighted by Gasteiger charge is -2.22. The summed E-state index contributed by atoms with van der Waals surface area (Å²) in [4.78, 5) is 14.7. The summed E-state index contributed by atoms with van der Waals surface area (Å²) in [5, 5.41) is 8.96. The van der Waals surface area contributed by atoms with Gasteiger partial charge in [-0.05, 0) is 34.5 Å². The summed E-state index contributed by atoms with van der Waals surface area (Å²) in [7, 11) is 0. The molecule has 2 heterocycles. The minimum atomic E-state index is 0.134. The third kappa shape index (κ3) is 2.61. The number of carbonyl (C=O) groups is 1. The fraction of sp³-hybridized carbons (Fsp3) is 0.500. The van der Waals surface area contributed by atoms with Crippen molar-refractivity contribution in [2.75, 3.05) is 18.9 Å². The molecule has 1 unspecified atom stereocenters. The van der Waals surface area contributed by atoms with Crippen molar-refractivity contribution in [3.05, 3.63) is 20.8 Å². The molecule has 1 saturated heterocycles. The van der Waals surface area contributed by atoms with Crippen molar-refractivity contribution in [2.24, 2.45) is 0 Å². The van der Waals surface area contributed by atoms with Gasteiger partial charge in [0.25, 0.3) is 0 Å². The fourth-order valence-electron chi connectivity index (χ4n) is 1.63. The fourth-order valence-corrected chi connectivity index (χ4v) is 4.51. The molecule has 6 heteroatoms. The number of amides is 1. The van der Waals surface area contributed by atoms with E-state index in [1.165, 1.54) is 4.88 Å². The van der Waals surface area contributed by atoms with Gasteiger partial charge in [0.2, 0.25) is 5.91 Å². The van der Waals surface area contributed by atoms with Gasteiger partial charge in [0.05, 0.1) is 9.54 Å². The smallest absolute Gasteiger partial charge is 0.233 e. The molecule has 0 aromatic carbocycles. The zero-order chi connectivity index (χ0) is 11.5. The predicted molar refractivity (Wildman–Crippen MR) is 70.6 cm³/mol. The minimum absolute atomic E-state index is 0.134. The molecule has 1 aliphatic heterocycles. The van der Waals surface area contributed by atoms with Crippen molar-refractivity contribution in [1.29, 1.82) is 0 Å². The maximum atomic E-state index is 11.7. The first-order valence-corrected chi connectivity index (χ1v) is 7.65. The van der Waals surface area contributed by atoms with Crippen LogP contribution in [0, 0.1) is 0 Å². The number of thioether (sulfide) groups is 1. The summed E-state index contributed by atoms with van der Waals surface area (Å²) < 4.78 is 1.09. The Kier molecular flexibility index (Phi) is 4.29. The van der Waals surface area contributed by atoms with Crippen LogP contribution >= 0.6 is 39.0 Å². The standard InChI is InChI=1S/C10H12BrNO2S2/c11-8-3-2-7(16-8)10-12(4-1-5-13)9(14)6-15-10/h2-3,10,13H,1,4-6H2. The quantitative estimate of drug-likeness (QED) is 0.926. The van der Waals surface area contributed by atoms with Crippen LogP contribution in [0.2, 0.25) is 0 Å².